The first kappa shape index (κ1) is 27.7. The van der Waals surface area contributed by atoms with Gasteiger partial charge in [-0.3, -0.25) is 4.79 Å². The lowest BCUT2D eigenvalue weighted by atomic mass is 9.80. The highest BCUT2D eigenvalue weighted by molar-refractivity contribution is 6.03. The van der Waals surface area contributed by atoms with E-state index in [0.717, 1.165) is 41.3 Å². The summed E-state index contributed by atoms with van der Waals surface area (Å²) < 4.78 is 48.0. The van der Waals surface area contributed by atoms with Gasteiger partial charge < -0.3 is 21.1 Å². The molecule has 7 nitrogen and oxygen atoms in total. The van der Waals surface area contributed by atoms with Gasteiger partial charge in [0.1, 0.15) is 11.3 Å². The van der Waals surface area contributed by atoms with Gasteiger partial charge in [0.25, 0.3) is 5.91 Å². The number of hydrogen-bond donors (Lipinski definition) is 3. The van der Waals surface area contributed by atoms with Crippen LogP contribution in [0, 0.1) is 5.92 Å². The zero-order chi connectivity index (χ0) is 28.3. The van der Waals surface area contributed by atoms with Gasteiger partial charge in [0, 0.05) is 43.7 Å². The highest BCUT2D eigenvalue weighted by Gasteiger charge is 2.39. The molecule has 1 aliphatic carbocycles. The van der Waals surface area contributed by atoms with E-state index in [4.69, 9.17) is 10.5 Å². The molecule has 4 N–H and O–H groups in total. The number of carbonyl (C=O) groups excluding carboxylic acids is 1. The summed E-state index contributed by atoms with van der Waals surface area (Å²) in [6.07, 6.45) is 5.49. The molecule has 1 amide bonds. The number of nitrogens with one attached hydrogen (secondary N) is 2. The molecule has 1 atom stereocenters. The van der Waals surface area contributed by atoms with Crippen molar-refractivity contribution in [3.05, 3.63) is 101 Å². The van der Waals surface area contributed by atoms with Gasteiger partial charge >= 0.3 is 6.18 Å². The fourth-order valence-electron chi connectivity index (χ4n) is 5.07. The van der Waals surface area contributed by atoms with E-state index in [1.807, 2.05) is 30.5 Å². The highest BCUT2D eigenvalue weighted by atomic mass is 19.4. The molecule has 210 valence electrons. The van der Waals surface area contributed by atoms with Crippen molar-refractivity contribution in [3.63, 3.8) is 0 Å². The maximum Gasteiger partial charge on any atom is 0.435 e. The van der Waals surface area contributed by atoms with Crippen molar-refractivity contribution in [1.82, 2.24) is 15.1 Å². The summed E-state index contributed by atoms with van der Waals surface area (Å²) >= 11 is 0. The minimum absolute atomic E-state index is 0.193. The van der Waals surface area contributed by atoms with E-state index >= 15 is 0 Å². The molecule has 0 bridgehead atoms. The number of halogens is 3. The molecule has 5 rings (SSSR count). The number of amides is 1. The number of dihydropyridines is 1. The molecule has 40 heavy (non-hydrogen) atoms. The van der Waals surface area contributed by atoms with E-state index in [2.05, 4.69) is 15.7 Å². The fraction of sp³-hybridized carbons (Fsp3) is 0.333. The molecular formula is C30H32F3N5O2. The van der Waals surface area contributed by atoms with E-state index in [1.165, 1.54) is 12.8 Å². The summed E-state index contributed by atoms with van der Waals surface area (Å²) in [5, 5.41) is 9.75. The van der Waals surface area contributed by atoms with Crippen LogP contribution in [0.3, 0.4) is 0 Å². The molecule has 0 saturated heterocycles. The Morgan fingerprint density at radius 2 is 1.98 bits per heavy atom. The Bertz CT molecular complexity index is 1440. The normalized spacial score (nSPS) is 16.7. The molecule has 2 aromatic carbocycles. The monoisotopic (exact) mass is 551 g/mol. The van der Waals surface area contributed by atoms with Crippen LogP contribution < -0.4 is 16.4 Å². The zero-order valence-corrected chi connectivity index (χ0v) is 22.2. The number of alkyl halides is 3. The van der Waals surface area contributed by atoms with Crippen LogP contribution in [-0.4, -0.2) is 29.3 Å². The lowest BCUT2D eigenvalue weighted by molar-refractivity contribution is -0.141. The van der Waals surface area contributed by atoms with Crippen molar-refractivity contribution in [2.75, 3.05) is 19.0 Å². The number of rotatable bonds is 10. The summed E-state index contributed by atoms with van der Waals surface area (Å²) in [6.45, 7) is 0.919. The number of ether oxygens (including phenoxy) is 1. The number of aromatic nitrogens is 2. The zero-order valence-electron chi connectivity index (χ0n) is 22.2. The third-order valence-corrected chi connectivity index (χ3v) is 7.42. The quantitative estimate of drug-likeness (QED) is 0.302. The molecule has 0 radical (unpaired) electrons. The largest absolute Gasteiger partial charge is 0.435 e. The second-order valence-electron chi connectivity index (χ2n) is 10.2. The van der Waals surface area contributed by atoms with Crippen molar-refractivity contribution in [3.8, 4) is 5.69 Å². The Kier molecular flexibility index (Phi) is 7.82. The van der Waals surface area contributed by atoms with Crippen LogP contribution >= 0.6 is 0 Å². The van der Waals surface area contributed by atoms with E-state index in [1.54, 1.807) is 43.5 Å². The van der Waals surface area contributed by atoms with E-state index in [0.29, 0.717) is 22.9 Å². The Morgan fingerprint density at radius 3 is 2.65 bits per heavy atom. The molecule has 3 aromatic rings. The number of carbonyl (C=O) groups is 1. The fourth-order valence-corrected chi connectivity index (χ4v) is 5.07. The third-order valence-electron chi connectivity index (χ3n) is 7.42. The molecule has 1 saturated carbocycles. The molecule has 2 aliphatic rings. The minimum atomic E-state index is -4.72. The first-order valence-electron chi connectivity index (χ1n) is 13.3. The van der Waals surface area contributed by atoms with Gasteiger partial charge in [-0.1, -0.05) is 49.3 Å². The van der Waals surface area contributed by atoms with Gasteiger partial charge in [-0.2, -0.15) is 18.3 Å². The lowest BCUT2D eigenvalue weighted by Crippen LogP contribution is -2.33. The van der Waals surface area contributed by atoms with Crippen LogP contribution in [0.5, 0.6) is 0 Å². The summed E-state index contributed by atoms with van der Waals surface area (Å²) in [7, 11) is 1.67. The van der Waals surface area contributed by atoms with Gasteiger partial charge in [0.2, 0.25) is 0 Å². The Morgan fingerprint density at radius 1 is 1.18 bits per heavy atom. The average Bonchev–Trinajstić information content (AvgIpc) is 3.68. The van der Waals surface area contributed by atoms with Crippen molar-refractivity contribution in [2.24, 2.45) is 11.7 Å². The van der Waals surface area contributed by atoms with Crippen molar-refractivity contribution >= 4 is 11.6 Å². The standard InChI is InChI=1S/C30H32F3N5O2/c1-40-29(13-12-20-10-11-20,23-7-4-14-35-19-23)22-6-3-8-24(16-22)36-28(39)26-17-27(30(31,32)33)37-38(26)25-9-2-5-21(15-25)18-34/h2-9,15-17,19-20,35H,10-14,18,34H2,1H3,(H,36,39). The SMILES string of the molecule is COC(CCC1CC1)(C1=CNCC=C1)c1cccc(NC(=O)c2cc(C(F)(F)F)nn2-c2cccc(CN)c2)c1. The maximum atomic E-state index is 13.6. The molecule has 2 heterocycles. The molecular weight excluding hydrogens is 519 g/mol. The van der Waals surface area contributed by atoms with E-state index in [9.17, 15) is 18.0 Å². The summed E-state index contributed by atoms with van der Waals surface area (Å²) in [5.74, 6) is -0.0443. The maximum absolute atomic E-state index is 13.6. The molecule has 1 aromatic heterocycles. The van der Waals surface area contributed by atoms with Crippen molar-refractivity contribution < 1.29 is 22.7 Å². The highest BCUT2D eigenvalue weighted by Crippen LogP contribution is 2.44. The lowest BCUT2D eigenvalue weighted by Gasteiger charge is -2.36. The predicted molar refractivity (Wildman–Crippen MR) is 147 cm³/mol. The molecule has 10 heteroatoms. The first-order valence-corrected chi connectivity index (χ1v) is 13.3. The van der Waals surface area contributed by atoms with Crippen LogP contribution in [0.25, 0.3) is 5.69 Å². The number of methoxy groups -OCH3 is 1. The number of benzene rings is 2. The Labute approximate surface area is 230 Å². The predicted octanol–water partition coefficient (Wildman–Crippen LogP) is 5.68. The number of hydrogen-bond acceptors (Lipinski definition) is 5. The first-order chi connectivity index (χ1) is 19.2. The van der Waals surface area contributed by atoms with Gasteiger partial charge in [0.15, 0.2) is 5.69 Å². The summed E-state index contributed by atoms with van der Waals surface area (Å²) in [4.78, 5) is 13.4. The summed E-state index contributed by atoms with van der Waals surface area (Å²) in [6, 6.07) is 14.6. The van der Waals surface area contributed by atoms with E-state index in [-0.39, 0.29) is 12.2 Å². The smallest absolute Gasteiger partial charge is 0.387 e. The van der Waals surface area contributed by atoms with Crippen LogP contribution in [0.4, 0.5) is 18.9 Å². The van der Waals surface area contributed by atoms with Crippen molar-refractivity contribution in [2.45, 2.75) is 44.0 Å². The van der Waals surface area contributed by atoms with Gasteiger partial charge in [0.05, 0.1) is 5.69 Å². The van der Waals surface area contributed by atoms with Gasteiger partial charge in [-0.25, -0.2) is 4.68 Å². The van der Waals surface area contributed by atoms with Crippen LogP contribution in [0.2, 0.25) is 0 Å². The molecule has 1 unspecified atom stereocenters. The van der Waals surface area contributed by atoms with Crippen LogP contribution in [0.1, 0.15) is 53.0 Å². The number of nitrogens with zero attached hydrogens (tertiary/aromatic N) is 2. The Balaban J connectivity index is 1.49. The number of anilines is 1. The molecule has 1 aliphatic heterocycles. The third kappa shape index (κ3) is 5.83. The van der Waals surface area contributed by atoms with Gasteiger partial charge in [-0.05, 0) is 54.2 Å². The van der Waals surface area contributed by atoms with Gasteiger partial charge in [-0.15, -0.1) is 0 Å². The topological polar surface area (TPSA) is 94.2 Å². The molecule has 1 fully saturated rings. The second kappa shape index (κ2) is 11.3. The minimum Gasteiger partial charge on any atom is -0.387 e. The second-order valence-corrected chi connectivity index (χ2v) is 10.2. The molecule has 0 spiro atoms. The Hall–Kier alpha value is -3.89. The van der Waals surface area contributed by atoms with Crippen LogP contribution in [0.15, 0.2) is 78.5 Å². The average molecular weight is 552 g/mol. The number of nitrogens with two attached hydrogens (primary N) is 1. The van der Waals surface area contributed by atoms with Crippen molar-refractivity contribution in [1.29, 1.82) is 0 Å². The van der Waals surface area contributed by atoms with Crippen LogP contribution in [-0.2, 0) is 23.1 Å². The van der Waals surface area contributed by atoms with E-state index < -0.39 is 23.4 Å². The summed E-state index contributed by atoms with van der Waals surface area (Å²) in [5.41, 5.74) is 6.80.